The Kier molecular flexibility index (Phi) is 8.74. The van der Waals surface area contributed by atoms with Gasteiger partial charge in [-0.2, -0.15) is 0 Å². The number of hydrogen-bond donors (Lipinski definition) is 2. The molecule has 0 aliphatic heterocycles. The van der Waals surface area contributed by atoms with Crippen molar-refractivity contribution in [3.8, 4) is 11.5 Å². The number of carboxylic acids is 1. The number of rotatable bonds is 8. The summed E-state index contributed by atoms with van der Waals surface area (Å²) in [6, 6.07) is 5.67. The Balaban J connectivity index is 0.00000324. The highest BCUT2D eigenvalue weighted by molar-refractivity contribution is 5.85. The second kappa shape index (κ2) is 9.47. The smallest absolute Gasteiger partial charge is 0.304 e. The second-order valence-electron chi connectivity index (χ2n) is 3.74. The minimum atomic E-state index is -0.799. The molecule has 0 aliphatic carbocycles. The number of aliphatic carboxylic acids is 1. The summed E-state index contributed by atoms with van der Waals surface area (Å²) >= 11 is 0. The second-order valence-corrected chi connectivity index (χ2v) is 3.74. The zero-order valence-corrected chi connectivity index (χ0v) is 12.0. The third kappa shape index (κ3) is 6.31. The molecule has 0 heterocycles. The topological polar surface area (TPSA) is 67.8 Å². The van der Waals surface area contributed by atoms with Crippen LogP contribution in [0.4, 0.5) is 0 Å². The number of carboxylic acid groups (broad SMARTS) is 1. The minimum Gasteiger partial charge on any atom is -0.493 e. The van der Waals surface area contributed by atoms with Crippen LogP contribution in [0.1, 0.15) is 18.9 Å². The molecule has 0 spiro atoms. The molecule has 0 saturated heterocycles. The van der Waals surface area contributed by atoms with Crippen LogP contribution in [0.15, 0.2) is 18.2 Å². The first kappa shape index (κ1) is 17.5. The van der Waals surface area contributed by atoms with Gasteiger partial charge in [0.1, 0.15) is 0 Å². The van der Waals surface area contributed by atoms with E-state index in [0.717, 1.165) is 5.56 Å². The van der Waals surface area contributed by atoms with Gasteiger partial charge in [0.15, 0.2) is 11.5 Å². The Hall–Kier alpha value is -1.46. The predicted octanol–water partition coefficient (Wildman–Crippen LogP) is 2.08. The normalized spacial score (nSPS) is 9.58. The molecule has 0 atom stereocenters. The lowest BCUT2D eigenvalue weighted by atomic mass is 10.2. The molecule has 2 N–H and O–H groups in total. The number of methoxy groups -OCH3 is 1. The van der Waals surface area contributed by atoms with E-state index in [0.29, 0.717) is 31.2 Å². The van der Waals surface area contributed by atoms with Crippen LogP contribution >= 0.6 is 12.4 Å². The van der Waals surface area contributed by atoms with Gasteiger partial charge in [0.05, 0.1) is 20.1 Å². The molecule has 1 aromatic rings. The van der Waals surface area contributed by atoms with Gasteiger partial charge in [0.25, 0.3) is 0 Å². The minimum absolute atomic E-state index is 0. The van der Waals surface area contributed by atoms with Crippen LogP contribution in [0.25, 0.3) is 0 Å². The van der Waals surface area contributed by atoms with Gasteiger partial charge in [-0.3, -0.25) is 4.79 Å². The summed E-state index contributed by atoms with van der Waals surface area (Å²) in [5.74, 6) is 0.607. The van der Waals surface area contributed by atoms with Gasteiger partial charge < -0.3 is 19.9 Å². The summed E-state index contributed by atoms with van der Waals surface area (Å²) in [4.78, 5) is 10.4. The zero-order chi connectivity index (χ0) is 13.4. The molecule has 0 radical (unpaired) electrons. The lowest BCUT2D eigenvalue weighted by molar-refractivity contribution is -0.136. The number of halogens is 1. The quantitative estimate of drug-likeness (QED) is 0.717. The first-order valence-corrected chi connectivity index (χ1v) is 5.89. The van der Waals surface area contributed by atoms with Crippen molar-refractivity contribution < 1.29 is 19.4 Å². The average molecular weight is 290 g/mol. The standard InChI is InChI=1S/C13H19NO4.ClH/c1-3-18-12-8-10(4-5-11(12)17-2)9-14-7-6-13(15)16;/h4-5,8,14H,3,6-7,9H2,1-2H3,(H,15,16);1H. The Morgan fingerprint density at radius 3 is 2.68 bits per heavy atom. The van der Waals surface area contributed by atoms with Crippen molar-refractivity contribution in [2.24, 2.45) is 0 Å². The molecular formula is C13H20ClNO4. The van der Waals surface area contributed by atoms with Crippen LogP contribution in [-0.4, -0.2) is 31.3 Å². The van der Waals surface area contributed by atoms with Crippen LogP contribution in [0, 0.1) is 0 Å². The summed E-state index contributed by atoms with van der Waals surface area (Å²) in [5.41, 5.74) is 1.03. The van der Waals surface area contributed by atoms with Crippen LogP contribution in [0.5, 0.6) is 11.5 Å². The van der Waals surface area contributed by atoms with Crippen LogP contribution in [0.2, 0.25) is 0 Å². The molecule has 19 heavy (non-hydrogen) atoms. The molecule has 0 unspecified atom stereocenters. The van der Waals surface area contributed by atoms with Crippen molar-refractivity contribution in [1.29, 1.82) is 0 Å². The Labute approximate surface area is 119 Å². The fourth-order valence-corrected chi connectivity index (χ4v) is 1.53. The van der Waals surface area contributed by atoms with Crippen molar-refractivity contribution in [3.05, 3.63) is 23.8 Å². The summed E-state index contributed by atoms with van der Waals surface area (Å²) < 4.78 is 10.7. The van der Waals surface area contributed by atoms with E-state index in [1.807, 2.05) is 25.1 Å². The highest BCUT2D eigenvalue weighted by atomic mass is 35.5. The van der Waals surface area contributed by atoms with Crippen molar-refractivity contribution in [1.82, 2.24) is 5.32 Å². The Morgan fingerprint density at radius 1 is 1.37 bits per heavy atom. The van der Waals surface area contributed by atoms with Gasteiger partial charge in [0.2, 0.25) is 0 Å². The molecule has 0 aliphatic rings. The monoisotopic (exact) mass is 289 g/mol. The molecule has 0 bridgehead atoms. The van der Waals surface area contributed by atoms with Gasteiger partial charge in [-0.05, 0) is 24.6 Å². The number of benzene rings is 1. The van der Waals surface area contributed by atoms with E-state index in [2.05, 4.69) is 5.32 Å². The van der Waals surface area contributed by atoms with Crippen LogP contribution < -0.4 is 14.8 Å². The van der Waals surface area contributed by atoms with Crippen LogP contribution in [-0.2, 0) is 11.3 Å². The van der Waals surface area contributed by atoms with E-state index < -0.39 is 5.97 Å². The molecule has 1 aromatic carbocycles. The summed E-state index contributed by atoms with van der Waals surface area (Å²) in [6.07, 6.45) is 0.120. The predicted molar refractivity (Wildman–Crippen MR) is 75.4 cm³/mol. The third-order valence-electron chi connectivity index (χ3n) is 2.37. The molecule has 5 nitrogen and oxygen atoms in total. The van der Waals surface area contributed by atoms with E-state index >= 15 is 0 Å². The van der Waals surface area contributed by atoms with E-state index in [1.165, 1.54) is 0 Å². The molecular weight excluding hydrogens is 270 g/mol. The SMILES string of the molecule is CCOc1cc(CNCCC(=O)O)ccc1OC.Cl. The van der Waals surface area contributed by atoms with Crippen molar-refractivity contribution in [2.75, 3.05) is 20.3 Å². The molecule has 1 rings (SSSR count). The number of hydrogen-bond acceptors (Lipinski definition) is 4. The van der Waals surface area contributed by atoms with E-state index in [4.69, 9.17) is 14.6 Å². The molecule has 0 saturated carbocycles. The Bertz CT molecular complexity index is 398. The fourth-order valence-electron chi connectivity index (χ4n) is 1.53. The fraction of sp³-hybridized carbons (Fsp3) is 0.462. The summed E-state index contributed by atoms with van der Waals surface area (Å²) in [5, 5.41) is 11.6. The molecule has 0 amide bonds. The van der Waals surface area contributed by atoms with E-state index in [9.17, 15) is 4.79 Å². The number of ether oxygens (including phenoxy) is 2. The average Bonchev–Trinajstić information content (AvgIpc) is 2.35. The maximum atomic E-state index is 10.4. The van der Waals surface area contributed by atoms with E-state index in [-0.39, 0.29) is 18.8 Å². The van der Waals surface area contributed by atoms with Crippen LogP contribution in [0.3, 0.4) is 0 Å². The summed E-state index contributed by atoms with van der Waals surface area (Å²) in [7, 11) is 1.60. The van der Waals surface area contributed by atoms with Gasteiger partial charge in [0, 0.05) is 13.1 Å². The number of carbonyl (C=O) groups is 1. The maximum Gasteiger partial charge on any atom is 0.304 e. The third-order valence-corrected chi connectivity index (χ3v) is 2.37. The van der Waals surface area contributed by atoms with Gasteiger partial charge in [-0.25, -0.2) is 0 Å². The molecule has 0 aromatic heterocycles. The number of nitrogens with one attached hydrogen (secondary N) is 1. The molecule has 0 fully saturated rings. The van der Waals surface area contributed by atoms with Crippen molar-refractivity contribution >= 4 is 18.4 Å². The zero-order valence-electron chi connectivity index (χ0n) is 11.1. The molecule has 6 heteroatoms. The van der Waals surface area contributed by atoms with E-state index in [1.54, 1.807) is 7.11 Å². The van der Waals surface area contributed by atoms with Gasteiger partial charge >= 0.3 is 5.97 Å². The first-order chi connectivity index (χ1) is 8.67. The highest BCUT2D eigenvalue weighted by Crippen LogP contribution is 2.27. The maximum absolute atomic E-state index is 10.4. The van der Waals surface area contributed by atoms with Crippen molar-refractivity contribution in [2.45, 2.75) is 19.9 Å². The Morgan fingerprint density at radius 2 is 2.11 bits per heavy atom. The molecule has 108 valence electrons. The lowest BCUT2D eigenvalue weighted by Gasteiger charge is -2.11. The van der Waals surface area contributed by atoms with Crippen molar-refractivity contribution in [3.63, 3.8) is 0 Å². The van der Waals surface area contributed by atoms with Gasteiger partial charge in [-0.1, -0.05) is 6.07 Å². The summed E-state index contributed by atoms with van der Waals surface area (Å²) in [6.45, 7) is 3.55. The highest BCUT2D eigenvalue weighted by Gasteiger charge is 2.05. The van der Waals surface area contributed by atoms with Gasteiger partial charge in [-0.15, -0.1) is 12.4 Å². The lowest BCUT2D eigenvalue weighted by Crippen LogP contribution is -2.17. The first-order valence-electron chi connectivity index (χ1n) is 5.89. The largest absolute Gasteiger partial charge is 0.493 e.